The van der Waals surface area contributed by atoms with Crippen LogP contribution in [-0.4, -0.2) is 36.3 Å². The second-order valence-electron chi connectivity index (χ2n) is 7.55. The molecule has 0 bridgehead atoms. The lowest BCUT2D eigenvalue weighted by Crippen LogP contribution is -3.07. The van der Waals surface area contributed by atoms with Gasteiger partial charge in [-0.05, 0) is 37.3 Å². The summed E-state index contributed by atoms with van der Waals surface area (Å²) in [6.45, 7) is 2.53. The van der Waals surface area contributed by atoms with Gasteiger partial charge in [-0.1, -0.05) is 41.9 Å². The number of nitrogens with one attached hydrogen (secondary N) is 2. The van der Waals surface area contributed by atoms with Gasteiger partial charge in [0.1, 0.15) is 10.9 Å². The third-order valence-electron chi connectivity index (χ3n) is 5.21. The van der Waals surface area contributed by atoms with E-state index >= 15 is 0 Å². The zero-order chi connectivity index (χ0) is 21.3. The van der Waals surface area contributed by atoms with E-state index in [-0.39, 0.29) is 11.9 Å². The molecule has 0 aliphatic heterocycles. The molecule has 2 aromatic carbocycles. The Labute approximate surface area is 184 Å². The highest BCUT2D eigenvalue weighted by atomic mass is 35.5. The molecule has 4 aromatic rings. The maximum Gasteiger partial charge on any atom is 0.261 e. The quantitative estimate of drug-likeness (QED) is 0.481. The van der Waals surface area contributed by atoms with E-state index in [1.807, 2.05) is 60.1 Å². The van der Waals surface area contributed by atoms with Crippen molar-refractivity contribution in [2.24, 2.45) is 0 Å². The molecule has 0 saturated heterocycles. The molecular formula is C23H24ClN4OS+. The van der Waals surface area contributed by atoms with E-state index < -0.39 is 0 Å². The summed E-state index contributed by atoms with van der Waals surface area (Å²) in [7, 11) is 4.21. The van der Waals surface area contributed by atoms with E-state index in [1.54, 1.807) is 0 Å². The number of halogens is 1. The molecule has 30 heavy (non-hydrogen) atoms. The Bertz CT molecular complexity index is 1170. The Balaban J connectivity index is 1.56. The molecule has 0 aliphatic rings. The molecule has 0 fully saturated rings. The predicted molar refractivity (Wildman–Crippen MR) is 123 cm³/mol. The summed E-state index contributed by atoms with van der Waals surface area (Å²) < 4.78 is 1.87. The molecular weight excluding hydrogens is 416 g/mol. The lowest BCUT2D eigenvalue weighted by atomic mass is 10.1. The maximum atomic E-state index is 12.9. The van der Waals surface area contributed by atoms with E-state index in [0.717, 1.165) is 21.6 Å². The van der Waals surface area contributed by atoms with E-state index in [9.17, 15) is 4.79 Å². The molecule has 1 atom stereocenters. The summed E-state index contributed by atoms with van der Waals surface area (Å²) in [5.74, 6) is -0.0552. The molecule has 0 saturated carbocycles. The molecule has 0 aliphatic carbocycles. The fourth-order valence-corrected chi connectivity index (χ4v) is 4.76. The first-order chi connectivity index (χ1) is 14.4. The van der Waals surface area contributed by atoms with Gasteiger partial charge < -0.3 is 10.2 Å². The summed E-state index contributed by atoms with van der Waals surface area (Å²) in [5, 5.41) is 9.44. The van der Waals surface area contributed by atoms with Crippen LogP contribution in [0.3, 0.4) is 0 Å². The first-order valence-corrected chi connectivity index (χ1v) is 11.0. The zero-order valence-electron chi connectivity index (χ0n) is 17.1. The summed E-state index contributed by atoms with van der Waals surface area (Å²) in [6.07, 6.45) is 0. The normalized spacial score (nSPS) is 12.4. The number of aryl methyl sites for hydroxylation is 1. The largest absolute Gasteiger partial charge is 0.345 e. The first kappa shape index (κ1) is 20.6. The minimum absolute atomic E-state index is 0.0552. The van der Waals surface area contributed by atoms with Crippen LogP contribution in [0.5, 0.6) is 0 Å². The van der Waals surface area contributed by atoms with E-state index in [2.05, 4.69) is 36.6 Å². The van der Waals surface area contributed by atoms with Crippen molar-refractivity contribution in [1.29, 1.82) is 0 Å². The number of aromatic nitrogens is 2. The summed E-state index contributed by atoms with van der Waals surface area (Å²) in [5.41, 5.74) is 3.03. The first-order valence-electron chi connectivity index (χ1n) is 9.82. The zero-order valence-corrected chi connectivity index (χ0v) is 18.7. The number of nitrogens with zero attached hydrogens (tertiary/aromatic N) is 2. The van der Waals surface area contributed by atoms with Crippen molar-refractivity contribution >= 4 is 39.1 Å². The Morgan fingerprint density at radius 2 is 1.87 bits per heavy atom. The molecule has 2 heterocycles. The third-order valence-corrected chi connectivity index (χ3v) is 6.57. The second-order valence-corrected chi connectivity index (χ2v) is 9.02. The van der Waals surface area contributed by atoms with Crippen LogP contribution in [-0.2, 0) is 0 Å². The molecule has 2 N–H and O–H groups in total. The van der Waals surface area contributed by atoms with E-state index in [0.29, 0.717) is 16.4 Å². The minimum Gasteiger partial charge on any atom is -0.345 e. The second kappa shape index (κ2) is 8.60. The number of fused-ring (bicyclic) bond motifs is 1. The van der Waals surface area contributed by atoms with Gasteiger partial charge in [-0.15, -0.1) is 11.3 Å². The number of thiophene rings is 1. The molecule has 0 spiro atoms. The third kappa shape index (κ3) is 4.12. The molecule has 4 rings (SSSR count). The molecule has 2 aromatic heterocycles. The fourth-order valence-electron chi connectivity index (χ4n) is 3.54. The van der Waals surface area contributed by atoms with Crippen molar-refractivity contribution in [2.45, 2.75) is 13.0 Å². The van der Waals surface area contributed by atoms with Crippen molar-refractivity contribution in [3.8, 4) is 5.69 Å². The number of carbonyl (C=O) groups is 1. The number of quaternary nitrogens is 1. The van der Waals surface area contributed by atoms with Gasteiger partial charge in [0, 0.05) is 16.0 Å². The van der Waals surface area contributed by atoms with E-state index in [1.165, 1.54) is 21.8 Å². The van der Waals surface area contributed by atoms with Crippen LogP contribution < -0.4 is 10.2 Å². The molecule has 5 nitrogen and oxygen atoms in total. The van der Waals surface area contributed by atoms with Gasteiger partial charge in [0.15, 0.2) is 0 Å². The van der Waals surface area contributed by atoms with Crippen LogP contribution in [0.15, 0.2) is 60.7 Å². The van der Waals surface area contributed by atoms with E-state index in [4.69, 9.17) is 11.6 Å². The van der Waals surface area contributed by atoms with Crippen LogP contribution in [0.2, 0.25) is 5.02 Å². The highest BCUT2D eigenvalue weighted by molar-refractivity contribution is 7.20. The average Bonchev–Trinajstić information content (AvgIpc) is 3.30. The van der Waals surface area contributed by atoms with Gasteiger partial charge in [-0.2, -0.15) is 5.10 Å². The standard InChI is InChI=1S/C23H23ClN4OS/c1-15-19-13-21(30-23(19)28(26-15)18-11-9-17(24)10-12-18)22(29)25-14-20(27(2)3)16-7-5-4-6-8-16/h4-13,20H,14H2,1-3H3,(H,25,29)/p+1/t20-/m1/s1. The Kier molecular flexibility index (Phi) is 5.90. The number of hydrogen-bond donors (Lipinski definition) is 2. The number of benzene rings is 2. The molecule has 0 unspecified atom stereocenters. The minimum atomic E-state index is -0.0552. The van der Waals surface area contributed by atoms with Crippen LogP contribution in [0, 0.1) is 6.92 Å². The van der Waals surface area contributed by atoms with Gasteiger partial charge in [-0.25, -0.2) is 4.68 Å². The van der Waals surface area contributed by atoms with Crippen LogP contribution in [0.4, 0.5) is 0 Å². The monoisotopic (exact) mass is 439 g/mol. The highest BCUT2D eigenvalue weighted by Gasteiger charge is 2.21. The molecule has 0 radical (unpaired) electrons. The number of likely N-dealkylation sites (N-methyl/N-ethyl adjacent to an activating group) is 1. The van der Waals surface area contributed by atoms with Crippen molar-refractivity contribution in [3.05, 3.63) is 81.8 Å². The lowest BCUT2D eigenvalue weighted by Gasteiger charge is -2.22. The Hall–Kier alpha value is -2.67. The number of rotatable bonds is 6. The van der Waals surface area contributed by atoms with Crippen molar-refractivity contribution in [2.75, 3.05) is 20.6 Å². The predicted octanol–water partition coefficient (Wildman–Crippen LogP) is 3.66. The van der Waals surface area contributed by atoms with Crippen LogP contribution in [0.1, 0.15) is 27.0 Å². The highest BCUT2D eigenvalue weighted by Crippen LogP contribution is 2.30. The topological polar surface area (TPSA) is 51.4 Å². The van der Waals surface area contributed by atoms with Crippen molar-refractivity contribution < 1.29 is 9.69 Å². The smallest absolute Gasteiger partial charge is 0.261 e. The average molecular weight is 440 g/mol. The van der Waals surface area contributed by atoms with Gasteiger partial charge in [0.25, 0.3) is 5.91 Å². The Morgan fingerprint density at radius 1 is 1.17 bits per heavy atom. The van der Waals surface area contributed by atoms with Gasteiger partial charge in [0.2, 0.25) is 0 Å². The lowest BCUT2D eigenvalue weighted by molar-refractivity contribution is -0.890. The molecule has 154 valence electrons. The number of amides is 1. The van der Waals surface area contributed by atoms with Gasteiger partial charge in [-0.3, -0.25) is 4.79 Å². The maximum absolute atomic E-state index is 12.9. The van der Waals surface area contributed by atoms with Crippen molar-refractivity contribution in [1.82, 2.24) is 15.1 Å². The summed E-state index contributed by atoms with van der Waals surface area (Å²) in [4.78, 5) is 15.8. The fraction of sp³-hybridized carbons (Fsp3) is 0.217. The summed E-state index contributed by atoms with van der Waals surface area (Å²) >= 11 is 7.47. The summed E-state index contributed by atoms with van der Waals surface area (Å²) in [6, 6.07) is 19.9. The molecule has 1 amide bonds. The number of hydrogen-bond acceptors (Lipinski definition) is 3. The van der Waals surface area contributed by atoms with Crippen LogP contribution >= 0.6 is 22.9 Å². The SMILES string of the molecule is Cc1nn(-c2ccc(Cl)cc2)c2sc(C(=O)NC[C@H](c3ccccc3)[NH+](C)C)cc12. The van der Waals surface area contributed by atoms with Crippen LogP contribution in [0.25, 0.3) is 15.9 Å². The van der Waals surface area contributed by atoms with Gasteiger partial charge in [0.05, 0.1) is 36.9 Å². The van der Waals surface area contributed by atoms with Gasteiger partial charge >= 0.3 is 0 Å². The number of carbonyl (C=O) groups excluding carboxylic acids is 1. The Morgan fingerprint density at radius 3 is 2.53 bits per heavy atom. The van der Waals surface area contributed by atoms with Crippen molar-refractivity contribution in [3.63, 3.8) is 0 Å². The molecule has 7 heteroatoms.